The molecule has 2 aromatic carbocycles. The van der Waals surface area contributed by atoms with E-state index in [0.29, 0.717) is 28.5 Å². The third-order valence-electron chi connectivity index (χ3n) is 3.98. The van der Waals surface area contributed by atoms with E-state index in [4.69, 9.17) is 14.2 Å². The Hall–Kier alpha value is -3.06. The van der Waals surface area contributed by atoms with Crippen LogP contribution in [0.3, 0.4) is 0 Å². The third kappa shape index (κ3) is 4.03. The first-order valence-electron chi connectivity index (χ1n) is 8.19. The second-order valence-electron chi connectivity index (χ2n) is 5.70. The van der Waals surface area contributed by atoms with Gasteiger partial charge < -0.3 is 19.5 Å². The Bertz CT molecular complexity index is 926. The van der Waals surface area contributed by atoms with Gasteiger partial charge in [0.25, 0.3) is 5.91 Å². The molecule has 0 unspecified atom stereocenters. The van der Waals surface area contributed by atoms with Crippen molar-refractivity contribution in [2.75, 3.05) is 26.6 Å². The van der Waals surface area contributed by atoms with Gasteiger partial charge in [0.15, 0.2) is 11.5 Å². The van der Waals surface area contributed by atoms with Crippen molar-refractivity contribution in [3.05, 3.63) is 52.3 Å². The molecule has 0 saturated heterocycles. The Balaban J connectivity index is 1.81. The highest BCUT2D eigenvalue weighted by Gasteiger charge is 2.17. The SMILES string of the molecule is COc1cc(C(=O)Nc2ccc(-c3csc(C)n3)cc2)cc(OC)c1OC. The zero-order valence-electron chi connectivity index (χ0n) is 15.5. The maximum absolute atomic E-state index is 12.6. The topological polar surface area (TPSA) is 69.7 Å². The van der Waals surface area contributed by atoms with Crippen LogP contribution in [0.1, 0.15) is 15.4 Å². The summed E-state index contributed by atoms with van der Waals surface area (Å²) < 4.78 is 15.9. The highest BCUT2D eigenvalue weighted by molar-refractivity contribution is 7.09. The van der Waals surface area contributed by atoms with Crippen LogP contribution in [0.15, 0.2) is 41.8 Å². The Morgan fingerprint density at radius 2 is 1.63 bits per heavy atom. The minimum absolute atomic E-state index is 0.272. The van der Waals surface area contributed by atoms with Gasteiger partial charge in [-0.05, 0) is 31.2 Å². The molecule has 0 bridgehead atoms. The molecule has 1 N–H and O–H groups in total. The van der Waals surface area contributed by atoms with Gasteiger partial charge in [0.05, 0.1) is 32.0 Å². The molecule has 0 aliphatic heterocycles. The van der Waals surface area contributed by atoms with Gasteiger partial charge in [0, 0.05) is 22.2 Å². The van der Waals surface area contributed by atoms with Crippen LogP contribution < -0.4 is 19.5 Å². The van der Waals surface area contributed by atoms with E-state index in [0.717, 1.165) is 16.3 Å². The largest absolute Gasteiger partial charge is 0.493 e. The predicted molar refractivity (Wildman–Crippen MR) is 106 cm³/mol. The third-order valence-corrected chi connectivity index (χ3v) is 4.76. The Kier molecular flexibility index (Phi) is 5.61. The smallest absolute Gasteiger partial charge is 0.255 e. The Labute approximate surface area is 161 Å². The molecular weight excluding hydrogens is 364 g/mol. The van der Waals surface area contributed by atoms with Crippen molar-refractivity contribution in [1.82, 2.24) is 4.98 Å². The molecule has 7 heteroatoms. The molecule has 0 atom stereocenters. The molecular formula is C20H20N2O4S. The van der Waals surface area contributed by atoms with Gasteiger partial charge in [-0.25, -0.2) is 4.98 Å². The molecule has 0 aliphatic carbocycles. The molecule has 1 heterocycles. The van der Waals surface area contributed by atoms with Crippen LogP contribution in [0.2, 0.25) is 0 Å². The first kappa shape index (κ1) is 18.7. The van der Waals surface area contributed by atoms with E-state index >= 15 is 0 Å². The number of aryl methyl sites for hydroxylation is 1. The lowest BCUT2D eigenvalue weighted by molar-refractivity contribution is 0.102. The van der Waals surface area contributed by atoms with E-state index in [-0.39, 0.29) is 5.91 Å². The van der Waals surface area contributed by atoms with Crippen molar-refractivity contribution >= 4 is 22.9 Å². The average Bonchev–Trinajstić information content (AvgIpc) is 3.13. The number of hydrogen-bond donors (Lipinski definition) is 1. The van der Waals surface area contributed by atoms with Gasteiger partial charge >= 0.3 is 0 Å². The van der Waals surface area contributed by atoms with Crippen molar-refractivity contribution in [3.63, 3.8) is 0 Å². The summed E-state index contributed by atoms with van der Waals surface area (Å²) in [5.41, 5.74) is 3.03. The minimum Gasteiger partial charge on any atom is -0.493 e. The number of carbonyl (C=O) groups is 1. The van der Waals surface area contributed by atoms with Gasteiger partial charge in [0.2, 0.25) is 5.75 Å². The van der Waals surface area contributed by atoms with Crippen LogP contribution in [0.5, 0.6) is 17.2 Å². The van der Waals surface area contributed by atoms with Crippen LogP contribution >= 0.6 is 11.3 Å². The van der Waals surface area contributed by atoms with Crippen LogP contribution in [-0.2, 0) is 0 Å². The molecule has 1 aromatic heterocycles. The highest BCUT2D eigenvalue weighted by Crippen LogP contribution is 2.38. The molecule has 3 rings (SSSR count). The summed E-state index contributed by atoms with van der Waals surface area (Å²) in [4.78, 5) is 17.1. The van der Waals surface area contributed by atoms with Gasteiger partial charge in [0.1, 0.15) is 0 Å². The number of amides is 1. The van der Waals surface area contributed by atoms with E-state index in [9.17, 15) is 4.79 Å². The maximum Gasteiger partial charge on any atom is 0.255 e. The quantitative estimate of drug-likeness (QED) is 0.682. The maximum atomic E-state index is 12.6. The molecule has 0 spiro atoms. The molecule has 0 saturated carbocycles. The number of thiazole rings is 1. The summed E-state index contributed by atoms with van der Waals surface area (Å²) in [5.74, 6) is 1.03. The summed E-state index contributed by atoms with van der Waals surface area (Å²) in [6.07, 6.45) is 0. The molecule has 27 heavy (non-hydrogen) atoms. The number of methoxy groups -OCH3 is 3. The van der Waals surface area contributed by atoms with Crippen molar-refractivity contribution in [2.45, 2.75) is 6.92 Å². The number of aromatic nitrogens is 1. The van der Waals surface area contributed by atoms with Crippen LogP contribution in [0.4, 0.5) is 5.69 Å². The number of nitrogens with one attached hydrogen (secondary N) is 1. The fourth-order valence-corrected chi connectivity index (χ4v) is 3.26. The predicted octanol–water partition coefficient (Wildman–Crippen LogP) is 4.40. The molecule has 6 nitrogen and oxygen atoms in total. The van der Waals surface area contributed by atoms with Gasteiger partial charge in [-0.2, -0.15) is 0 Å². The van der Waals surface area contributed by atoms with Crippen molar-refractivity contribution < 1.29 is 19.0 Å². The summed E-state index contributed by atoms with van der Waals surface area (Å²) in [5, 5.41) is 5.90. The highest BCUT2D eigenvalue weighted by atomic mass is 32.1. The zero-order chi connectivity index (χ0) is 19.4. The Morgan fingerprint density at radius 3 is 2.11 bits per heavy atom. The van der Waals surface area contributed by atoms with E-state index in [2.05, 4.69) is 10.3 Å². The summed E-state index contributed by atoms with van der Waals surface area (Å²) in [6, 6.07) is 10.8. The number of carbonyl (C=O) groups excluding carboxylic acids is 1. The number of anilines is 1. The molecule has 0 fully saturated rings. The van der Waals surface area contributed by atoms with Crippen LogP contribution in [0.25, 0.3) is 11.3 Å². The zero-order valence-corrected chi connectivity index (χ0v) is 16.3. The van der Waals surface area contributed by atoms with E-state index in [1.807, 2.05) is 36.6 Å². The van der Waals surface area contributed by atoms with Crippen LogP contribution in [0, 0.1) is 6.92 Å². The molecule has 0 aliphatic rings. The van der Waals surface area contributed by atoms with Crippen LogP contribution in [-0.4, -0.2) is 32.2 Å². The van der Waals surface area contributed by atoms with Gasteiger partial charge in [-0.3, -0.25) is 4.79 Å². The number of benzene rings is 2. The fourth-order valence-electron chi connectivity index (χ4n) is 2.64. The molecule has 1 amide bonds. The molecule has 140 valence electrons. The Morgan fingerprint density at radius 1 is 1.00 bits per heavy atom. The first-order chi connectivity index (χ1) is 13.0. The standard InChI is InChI=1S/C20H20N2O4S/c1-12-21-16(11-27-12)13-5-7-15(8-6-13)22-20(23)14-9-17(24-2)19(26-4)18(10-14)25-3/h5-11H,1-4H3,(H,22,23). The van der Waals surface area contributed by atoms with Crippen molar-refractivity contribution in [3.8, 4) is 28.5 Å². The number of rotatable bonds is 6. The van der Waals surface area contributed by atoms with E-state index < -0.39 is 0 Å². The number of ether oxygens (including phenoxy) is 3. The van der Waals surface area contributed by atoms with Gasteiger partial charge in [-0.1, -0.05) is 12.1 Å². The summed E-state index contributed by atoms with van der Waals surface area (Å²) >= 11 is 1.61. The second kappa shape index (κ2) is 8.09. The molecule has 3 aromatic rings. The number of hydrogen-bond acceptors (Lipinski definition) is 6. The minimum atomic E-state index is -0.272. The first-order valence-corrected chi connectivity index (χ1v) is 9.07. The lowest BCUT2D eigenvalue weighted by Crippen LogP contribution is -2.12. The second-order valence-corrected chi connectivity index (χ2v) is 6.76. The lowest BCUT2D eigenvalue weighted by atomic mass is 10.1. The van der Waals surface area contributed by atoms with E-state index in [1.165, 1.54) is 21.3 Å². The monoisotopic (exact) mass is 384 g/mol. The average molecular weight is 384 g/mol. The van der Waals surface area contributed by atoms with Crippen molar-refractivity contribution in [2.24, 2.45) is 0 Å². The molecule has 0 radical (unpaired) electrons. The van der Waals surface area contributed by atoms with E-state index in [1.54, 1.807) is 23.5 Å². The summed E-state index contributed by atoms with van der Waals surface area (Å²) in [7, 11) is 4.54. The summed E-state index contributed by atoms with van der Waals surface area (Å²) in [6.45, 7) is 1.97. The van der Waals surface area contributed by atoms with Gasteiger partial charge in [-0.15, -0.1) is 11.3 Å². The number of nitrogens with zero attached hydrogens (tertiary/aromatic N) is 1. The van der Waals surface area contributed by atoms with Crippen molar-refractivity contribution in [1.29, 1.82) is 0 Å². The fraction of sp³-hybridized carbons (Fsp3) is 0.200. The lowest BCUT2D eigenvalue weighted by Gasteiger charge is -2.14. The normalized spacial score (nSPS) is 10.4.